The molecule has 6 atom stereocenters. The third kappa shape index (κ3) is 2.55. The van der Waals surface area contributed by atoms with Crippen molar-refractivity contribution in [3.8, 4) is 0 Å². The Balaban J connectivity index is 1.55. The number of ether oxygens (including phenoxy) is 1. The summed E-state index contributed by atoms with van der Waals surface area (Å²) in [5, 5.41) is 9.99. The molecule has 3 nitrogen and oxygen atoms in total. The standard InChI is InChI=1S/C21H32O3/c1-3-20(23)24-19-9-8-18-17-6-4-13-12-14(22)5-7-15(13)16(17)10-11-21(18,19)2/h14,16-19,22H,3-12H2,1-2H3. The van der Waals surface area contributed by atoms with E-state index in [4.69, 9.17) is 4.74 Å². The maximum atomic E-state index is 11.8. The van der Waals surface area contributed by atoms with Gasteiger partial charge in [-0.1, -0.05) is 25.0 Å². The lowest BCUT2D eigenvalue weighted by atomic mass is 9.54. The predicted octanol–water partition coefficient (Wildman–Crippen LogP) is 4.39. The molecule has 0 saturated heterocycles. The lowest BCUT2D eigenvalue weighted by Gasteiger charge is -2.52. The van der Waals surface area contributed by atoms with Gasteiger partial charge in [-0.15, -0.1) is 0 Å². The number of allylic oxidation sites excluding steroid dienone is 1. The van der Waals surface area contributed by atoms with Gasteiger partial charge in [0, 0.05) is 11.8 Å². The van der Waals surface area contributed by atoms with E-state index in [1.54, 1.807) is 11.1 Å². The Labute approximate surface area is 145 Å². The van der Waals surface area contributed by atoms with Gasteiger partial charge in [-0.05, 0) is 75.5 Å². The molecule has 3 heteroatoms. The monoisotopic (exact) mass is 332 g/mol. The fourth-order valence-electron chi connectivity index (χ4n) is 6.58. The van der Waals surface area contributed by atoms with Crippen LogP contribution in [0.15, 0.2) is 11.1 Å². The van der Waals surface area contributed by atoms with Gasteiger partial charge in [-0.25, -0.2) is 0 Å². The second-order valence-corrected chi connectivity index (χ2v) is 8.89. The van der Waals surface area contributed by atoms with E-state index in [1.807, 2.05) is 6.92 Å². The van der Waals surface area contributed by atoms with Gasteiger partial charge in [-0.2, -0.15) is 0 Å². The third-order valence-corrected chi connectivity index (χ3v) is 7.82. The van der Waals surface area contributed by atoms with Crippen LogP contribution in [0, 0.1) is 23.2 Å². The van der Waals surface area contributed by atoms with Crippen LogP contribution in [0.3, 0.4) is 0 Å². The van der Waals surface area contributed by atoms with Gasteiger partial charge < -0.3 is 9.84 Å². The van der Waals surface area contributed by atoms with Gasteiger partial charge in [0.1, 0.15) is 6.10 Å². The Morgan fingerprint density at radius 3 is 2.83 bits per heavy atom. The van der Waals surface area contributed by atoms with Crippen molar-refractivity contribution >= 4 is 5.97 Å². The van der Waals surface area contributed by atoms with Gasteiger partial charge >= 0.3 is 5.97 Å². The Morgan fingerprint density at radius 1 is 1.21 bits per heavy atom. The maximum Gasteiger partial charge on any atom is 0.305 e. The number of aliphatic hydroxyl groups is 1. The summed E-state index contributed by atoms with van der Waals surface area (Å²) in [4.78, 5) is 11.8. The number of esters is 1. The minimum Gasteiger partial charge on any atom is -0.462 e. The minimum atomic E-state index is -0.0986. The summed E-state index contributed by atoms with van der Waals surface area (Å²) in [7, 11) is 0. The van der Waals surface area contributed by atoms with Crippen LogP contribution in [0.2, 0.25) is 0 Å². The van der Waals surface area contributed by atoms with Crippen molar-refractivity contribution in [1.29, 1.82) is 0 Å². The Hall–Kier alpha value is -0.830. The highest BCUT2D eigenvalue weighted by molar-refractivity contribution is 5.69. The molecule has 0 aromatic rings. The molecule has 4 rings (SSSR count). The van der Waals surface area contributed by atoms with Crippen molar-refractivity contribution in [2.45, 2.75) is 90.3 Å². The first kappa shape index (κ1) is 16.6. The van der Waals surface area contributed by atoms with E-state index in [0.717, 1.165) is 37.5 Å². The molecule has 0 bridgehead atoms. The summed E-state index contributed by atoms with van der Waals surface area (Å²) in [5.74, 6) is 2.22. The number of carbonyl (C=O) groups is 1. The average Bonchev–Trinajstić information content (AvgIpc) is 2.90. The molecule has 134 valence electrons. The fourth-order valence-corrected chi connectivity index (χ4v) is 6.58. The largest absolute Gasteiger partial charge is 0.462 e. The van der Waals surface area contributed by atoms with Gasteiger partial charge in [0.2, 0.25) is 0 Å². The molecule has 0 aromatic carbocycles. The maximum absolute atomic E-state index is 11.8. The normalized spacial score (nSPS) is 44.5. The smallest absolute Gasteiger partial charge is 0.305 e. The first-order valence-corrected chi connectivity index (χ1v) is 10.1. The molecule has 2 saturated carbocycles. The number of hydrogen-bond donors (Lipinski definition) is 1. The van der Waals surface area contributed by atoms with E-state index in [1.165, 1.54) is 32.1 Å². The molecule has 4 aliphatic carbocycles. The fraction of sp³-hybridized carbons (Fsp3) is 0.857. The van der Waals surface area contributed by atoms with E-state index >= 15 is 0 Å². The molecular formula is C21H32O3. The van der Waals surface area contributed by atoms with Crippen molar-refractivity contribution in [2.75, 3.05) is 0 Å². The van der Waals surface area contributed by atoms with Crippen LogP contribution >= 0.6 is 0 Å². The van der Waals surface area contributed by atoms with E-state index in [-0.39, 0.29) is 23.6 Å². The first-order valence-electron chi connectivity index (χ1n) is 10.1. The number of fused-ring (bicyclic) bond motifs is 4. The van der Waals surface area contributed by atoms with Crippen molar-refractivity contribution in [3.63, 3.8) is 0 Å². The molecule has 0 radical (unpaired) electrons. The molecule has 0 aliphatic heterocycles. The second-order valence-electron chi connectivity index (χ2n) is 8.89. The van der Waals surface area contributed by atoms with E-state index < -0.39 is 0 Å². The number of carbonyl (C=O) groups excluding carboxylic acids is 1. The summed E-state index contributed by atoms with van der Waals surface area (Å²) < 4.78 is 5.85. The van der Waals surface area contributed by atoms with Crippen LogP contribution < -0.4 is 0 Å². The van der Waals surface area contributed by atoms with Crippen molar-refractivity contribution in [2.24, 2.45) is 23.2 Å². The van der Waals surface area contributed by atoms with Crippen LogP contribution in [0.25, 0.3) is 0 Å². The SMILES string of the molecule is CCC(=O)OC1CCC2C3CCC4=C(CCC(O)C4)C3CCC12C. The molecule has 1 N–H and O–H groups in total. The minimum absolute atomic E-state index is 0.0288. The van der Waals surface area contributed by atoms with Gasteiger partial charge in [-0.3, -0.25) is 4.79 Å². The molecule has 24 heavy (non-hydrogen) atoms. The summed E-state index contributed by atoms with van der Waals surface area (Å²) in [5.41, 5.74) is 3.50. The van der Waals surface area contributed by atoms with Gasteiger partial charge in [0.25, 0.3) is 0 Å². The van der Waals surface area contributed by atoms with Crippen LogP contribution in [0.1, 0.15) is 78.1 Å². The number of aliphatic hydroxyl groups excluding tert-OH is 1. The van der Waals surface area contributed by atoms with E-state index in [0.29, 0.717) is 12.3 Å². The highest BCUT2D eigenvalue weighted by atomic mass is 16.5. The Morgan fingerprint density at radius 2 is 2.04 bits per heavy atom. The van der Waals surface area contributed by atoms with Crippen molar-refractivity contribution < 1.29 is 14.6 Å². The lowest BCUT2D eigenvalue weighted by molar-refractivity contribution is -0.157. The van der Waals surface area contributed by atoms with Crippen LogP contribution in [0.4, 0.5) is 0 Å². The molecular weight excluding hydrogens is 300 g/mol. The molecule has 0 spiro atoms. The van der Waals surface area contributed by atoms with Crippen LogP contribution in [-0.2, 0) is 9.53 Å². The van der Waals surface area contributed by atoms with E-state index in [2.05, 4.69) is 6.92 Å². The van der Waals surface area contributed by atoms with Crippen molar-refractivity contribution in [3.05, 3.63) is 11.1 Å². The van der Waals surface area contributed by atoms with Gasteiger partial charge in [0.15, 0.2) is 0 Å². The third-order valence-electron chi connectivity index (χ3n) is 7.82. The molecule has 2 fully saturated rings. The summed E-state index contributed by atoms with van der Waals surface area (Å²) in [6.07, 6.45) is 10.7. The zero-order chi connectivity index (χ0) is 16.9. The number of rotatable bonds is 2. The molecule has 6 unspecified atom stereocenters. The van der Waals surface area contributed by atoms with Crippen LogP contribution in [0.5, 0.6) is 0 Å². The summed E-state index contributed by atoms with van der Waals surface area (Å²) >= 11 is 0. The lowest BCUT2D eigenvalue weighted by Crippen LogP contribution is -2.46. The molecule has 4 aliphatic rings. The average molecular weight is 332 g/mol. The quantitative estimate of drug-likeness (QED) is 0.603. The van der Waals surface area contributed by atoms with Crippen molar-refractivity contribution in [1.82, 2.24) is 0 Å². The molecule has 0 amide bonds. The highest BCUT2D eigenvalue weighted by Crippen LogP contribution is 2.61. The zero-order valence-electron chi connectivity index (χ0n) is 15.2. The molecule has 0 heterocycles. The van der Waals surface area contributed by atoms with Gasteiger partial charge in [0.05, 0.1) is 6.10 Å². The predicted molar refractivity (Wildman–Crippen MR) is 93.3 cm³/mol. The first-order chi connectivity index (χ1) is 11.5. The highest BCUT2D eigenvalue weighted by Gasteiger charge is 2.56. The van der Waals surface area contributed by atoms with Crippen LogP contribution in [-0.4, -0.2) is 23.3 Å². The zero-order valence-corrected chi connectivity index (χ0v) is 15.2. The molecule has 0 aromatic heterocycles. The summed E-state index contributed by atoms with van der Waals surface area (Å²) in [6, 6.07) is 0. The topological polar surface area (TPSA) is 46.5 Å². The second kappa shape index (κ2) is 6.16. The number of hydrogen-bond acceptors (Lipinski definition) is 3. The summed E-state index contributed by atoms with van der Waals surface area (Å²) in [6.45, 7) is 4.28. The van der Waals surface area contributed by atoms with E-state index in [9.17, 15) is 9.90 Å². The Kier molecular flexibility index (Phi) is 4.27. The Bertz CT molecular complexity index is 551.